The Labute approximate surface area is 138 Å². The van der Waals surface area contributed by atoms with E-state index in [-0.39, 0.29) is 6.04 Å². The molecule has 2 atom stereocenters. The van der Waals surface area contributed by atoms with Crippen LogP contribution in [0.2, 0.25) is 0 Å². The monoisotopic (exact) mass is 365 g/mol. The normalized spacial score (nSPS) is 18.8. The maximum absolute atomic E-state index is 6.55. The fourth-order valence-electron chi connectivity index (χ4n) is 2.97. The Morgan fingerprint density at radius 1 is 1.48 bits per heavy atom. The van der Waals surface area contributed by atoms with Crippen molar-refractivity contribution in [2.24, 2.45) is 5.73 Å². The van der Waals surface area contributed by atoms with Crippen LogP contribution in [0.1, 0.15) is 29.8 Å². The van der Waals surface area contributed by atoms with E-state index in [1.165, 1.54) is 16.2 Å². The van der Waals surface area contributed by atoms with Gasteiger partial charge in [0.2, 0.25) is 0 Å². The van der Waals surface area contributed by atoms with E-state index >= 15 is 0 Å². The molecule has 1 aromatic carbocycles. The summed E-state index contributed by atoms with van der Waals surface area (Å²) in [6, 6.07) is 8.76. The molecule has 2 unspecified atom stereocenters. The van der Waals surface area contributed by atoms with E-state index in [4.69, 9.17) is 5.73 Å². The van der Waals surface area contributed by atoms with E-state index in [1.54, 1.807) is 0 Å². The number of thioether (sulfide) groups is 1. The van der Waals surface area contributed by atoms with Gasteiger partial charge in [-0.1, -0.05) is 18.2 Å². The number of aryl methyl sites for hydroxylation is 2. The highest BCUT2D eigenvalue weighted by Crippen LogP contribution is 2.41. The van der Waals surface area contributed by atoms with Crippen molar-refractivity contribution >= 4 is 27.7 Å². The molecule has 0 radical (unpaired) electrons. The molecule has 0 spiro atoms. The van der Waals surface area contributed by atoms with Gasteiger partial charge in [-0.25, -0.2) is 0 Å². The van der Waals surface area contributed by atoms with Crippen molar-refractivity contribution in [2.75, 3.05) is 5.75 Å². The highest BCUT2D eigenvalue weighted by molar-refractivity contribution is 9.10. The third kappa shape index (κ3) is 2.79. The van der Waals surface area contributed by atoms with Gasteiger partial charge in [-0.05, 0) is 41.4 Å². The van der Waals surface area contributed by atoms with Crippen molar-refractivity contribution < 1.29 is 0 Å². The van der Waals surface area contributed by atoms with E-state index in [9.17, 15) is 0 Å². The quantitative estimate of drug-likeness (QED) is 0.897. The Kier molecular flexibility index (Phi) is 4.43. The van der Waals surface area contributed by atoms with E-state index in [0.717, 1.165) is 28.9 Å². The number of aromatic nitrogens is 2. The third-order valence-electron chi connectivity index (χ3n) is 4.14. The highest BCUT2D eigenvalue weighted by atomic mass is 79.9. The van der Waals surface area contributed by atoms with Gasteiger partial charge in [0.1, 0.15) is 0 Å². The molecule has 3 rings (SSSR count). The summed E-state index contributed by atoms with van der Waals surface area (Å²) in [5, 5.41) is 4.56. The van der Waals surface area contributed by atoms with E-state index < -0.39 is 0 Å². The number of nitrogens with zero attached hydrogens (tertiary/aromatic N) is 2. The van der Waals surface area contributed by atoms with Gasteiger partial charge in [-0.15, -0.1) is 11.8 Å². The van der Waals surface area contributed by atoms with Gasteiger partial charge in [-0.3, -0.25) is 4.68 Å². The molecule has 5 heteroatoms. The SMILES string of the molecule is CCn1nc(C)c(Br)c1CC(N)C1CSc2ccccc21. The Morgan fingerprint density at radius 3 is 3.00 bits per heavy atom. The van der Waals surface area contributed by atoms with Crippen LogP contribution in [0.3, 0.4) is 0 Å². The number of rotatable bonds is 4. The largest absolute Gasteiger partial charge is 0.327 e. The van der Waals surface area contributed by atoms with Crippen molar-refractivity contribution in [3.8, 4) is 0 Å². The van der Waals surface area contributed by atoms with Crippen LogP contribution in [0.4, 0.5) is 0 Å². The average Bonchev–Trinajstić information content (AvgIpc) is 3.03. The second-order valence-corrected chi connectivity index (χ2v) is 7.34. The molecule has 0 aliphatic carbocycles. The summed E-state index contributed by atoms with van der Waals surface area (Å²) in [5.74, 6) is 1.51. The summed E-state index contributed by atoms with van der Waals surface area (Å²) >= 11 is 5.59. The molecule has 1 aliphatic rings. The summed E-state index contributed by atoms with van der Waals surface area (Å²) in [4.78, 5) is 1.39. The number of nitrogens with two attached hydrogens (primary N) is 1. The maximum Gasteiger partial charge on any atom is 0.0738 e. The minimum Gasteiger partial charge on any atom is -0.327 e. The maximum atomic E-state index is 6.55. The molecule has 0 amide bonds. The fraction of sp³-hybridized carbons (Fsp3) is 0.438. The molecule has 21 heavy (non-hydrogen) atoms. The Bertz CT molecular complexity index is 653. The Hall–Kier alpha value is -0.780. The molecular formula is C16H20BrN3S. The Balaban J connectivity index is 1.83. The lowest BCUT2D eigenvalue weighted by Crippen LogP contribution is -2.32. The van der Waals surface area contributed by atoms with Crippen molar-refractivity contribution in [2.45, 2.75) is 43.7 Å². The van der Waals surface area contributed by atoms with E-state index in [2.05, 4.69) is 56.9 Å². The average molecular weight is 366 g/mol. The van der Waals surface area contributed by atoms with Gasteiger partial charge >= 0.3 is 0 Å². The van der Waals surface area contributed by atoms with Gasteiger partial charge in [0.15, 0.2) is 0 Å². The molecule has 0 saturated heterocycles. The highest BCUT2D eigenvalue weighted by Gasteiger charge is 2.29. The summed E-state index contributed by atoms with van der Waals surface area (Å²) in [7, 11) is 0. The van der Waals surface area contributed by atoms with Crippen LogP contribution in [0.25, 0.3) is 0 Å². The number of hydrogen-bond acceptors (Lipinski definition) is 3. The lowest BCUT2D eigenvalue weighted by atomic mass is 9.91. The fourth-order valence-corrected chi connectivity index (χ4v) is 4.76. The van der Waals surface area contributed by atoms with Gasteiger partial charge in [0.05, 0.1) is 15.9 Å². The molecule has 0 fully saturated rings. The van der Waals surface area contributed by atoms with Crippen molar-refractivity contribution in [1.29, 1.82) is 0 Å². The third-order valence-corrected chi connectivity index (χ3v) is 6.38. The number of halogens is 1. The van der Waals surface area contributed by atoms with Crippen molar-refractivity contribution in [3.63, 3.8) is 0 Å². The molecule has 3 nitrogen and oxygen atoms in total. The van der Waals surface area contributed by atoms with Crippen molar-refractivity contribution in [3.05, 3.63) is 45.7 Å². The van der Waals surface area contributed by atoms with Crippen LogP contribution in [-0.4, -0.2) is 21.6 Å². The first kappa shape index (κ1) is 15.1. The molecule has 112 valence electrons. The first-order valence-electron chi connectivity index (χ1n) is 7.31. The number of fused-ring (bicyclic) bond motifs is 1. The van der Waals surface area contributed by atoms with E-state index in [1.807, 2.05) is 18.7 Å². The molecule has 2 heterocycles. The summed E-state index contributed by atoms with van der Waals surface area (Å²) in [5.41, 5.74) is 10.2. The van der Waals surface area contributed by atoms with Gasteiger partial charge in [0, 0.05) is 35.6 Å². The standard InChI is InChI=1S/C16H20BrN3S/c1-3-20-14(16(17)10(2)19-20)8-13(18)12-9-21-15-7-5-4-6-11(12)15/h4-7,12-13H,3,8-9,18H2,1-2H3. The summed E-state index contributed by atoms with van der Waals surface area (Å²) in [6.07, 6.45) is 0.856. The Morgan fingerprint density at radius 2 is 2.24 bits per heavy atom. The molecule has 2 aromatic rings. The molecule has 0 bridgehead atoms. The smallest absolute Gasteiger partial charge is 0.0738 e. The first-order chi connectivity index (χ1) is 10.1. The predicted octanol–water partition coefficient (Wildman–Crippen LogP) is 3.73. The molecule has 1 aromatic heterocycles. The molecular weight excluding hydrogens is 346 g/mol. The van der Waals surface area contributed by atoms with Crippen LogP contribution in [0.5, 0.6) is 0 Å². The topological polar surface area (TPSA) is 43.8 Å². The molecule has 1 aliphatic heterocycles. The van der Waals surface area contributed by atoms with Crippen LogP contribution in [0.15, 0.2) is 33.6 Å². The second-order valence-electron chi connectivity index (χ2n) is 5.49. The zero-order valence-electron chi connectivity index (χ0n) is 12.3. The predicted molar refractivity (Wildman–Crippen MR) is 91.9 cm³/mol. The molecule has 0 saturated carbocycles. The number of hydrogen-bond donors (Lipinski definition) is 1. The summed E-state index contributed by atoms with van der Waals surface area (Å²) in [6.45, 7) is 5.03. The zero-order chi connectivity index (χ0) is 15.0. The second kappa shape index (κ2) is 6.15. The van der Waals surface area contributed by atoms with Crippen LogP contribution < -0.4 is 5.73 Å². The van der Waals surface area contributed by atoms with E-state index in [0.29, 0.717) is 5.92 Å². The van der Waals surface area contributed by atoms with Gasteiger partial charge in [0.25, 0.3) is 0 Å². The molecule has 2 N–H and O–H groups in total. The minimum atomic E-state index is 0.124. The lowest BCUT2D eigenvalue weighted by molar-refractivity contribution is 0.530. The van der Waals surface area contributed by atoms with Crippen LogP contribution >= 0.6 is 27.7 Å². The number of benzene rings is 1. The van der Waals surface area contributed by atoms with Gasteiger partial charge in [-0.2, -0.15) is 5.10 Å². The van der Waals surface area contributed by atoms with Crippen LogP contribution in [0, 0.1) is 6.92 Å². The minimum absolute atomic E-state index is 0.124. The first-order valence-corrected chi connectivity index (χ1v) is 9.08. The van der Waals surface area contributed by atoms with Gasteiger partial charge < -0.3 is 5.73 Å². The lowest BCUT2D eigenvalue weighted by Gasteiger charge is -2.20. The van der Waals surface area contributed by atoms with Crippen LogP contribution in [-0.2, 0) is 13.0 Å². The zero-order valence-corrected chi connectivity index (χ0v) is 14.7. The summed E-state index contributed by atoms with van der Waals surface area (Å²) < 4.78 is 3.17. The van der Waals surface area contributed by atoms with Crippen molar-refractivity contribution in [1.82, 2.24) is 9.78 Å².